The summed E-state index contributed by atoms with van der Waals surface area (Å²) in [5.41, 5.74) is 0.921. The smallest absolute Gasteiger partial charge is 0.254 e. The van der Waals surface area contributed by atoms with Crippen LogP contribution in [0, 0.1) is 6.92 Å². The van der Waals surface area contributed by atoms with Crippen molar-refractivity contribution in [1.29, 1.82) is 0 Å². The maximum absolute atomic E-state index is 12.9. The van der Waals surface area contributed by atoms with Gasteiger partial charge in [0.15, 0.2) is 5.72 Å². The third-order valence-corrected chi connectivity index (χ3v) is 5.32. The second kappa shape index (κ2) is 4.70. The Morgan fingerprint density at radius 2 is 2.23 bits per heavy atom. The Labute approximate surface area is 133 Å². The van der Waals surface area contributed by atoms with E-state index in [1.165, 1.54) is 0 Å². The molecule has 1 aromatic rings. The van der Waals surface area contributed by atoms with E-state index in [9.17, 15) is 9.59 Å². The largest absolute Gasteiger partial charge is 0.351 e. The number of amides is 2. The minimum absolute atomic E-state index is 0.0406. The highest BCUT2D eigenvalue weighted by Crippen LogP contribution is 2.46. The highest BCUT2D eigenvalue weighted by Gasteiger charge is 2.62. The van der Waals surface area contributed by atoms with E-state index >= 15 is 0 Å². The summed E-state index contributed by atoms with van der Waals surface area (Å²) < 4.78 is 5.91. The second-order valence-electron chi connectivity index (χ2n) is 6.17. The van der Waals surface area contributed by atoms with Crippen LogP contribution < -0.4 is 0 Å². The molecule has 0 unspecified atom stereocenters. The summed E-state index contributed by atoms with van der Waals surface area (Å²) in [6, 6.07) is 5.10. The molecule has 1 aromatic carbocycles. The molecule has 0 saturated carbocycles. The number of likely N-dealkylation sites (tertiary alicyclic amines) is 1. The molecule has 3 aliphatic heterocycles. The number of hydrogen-bond donors (Lipinski definition) is 0. The van der Waals surface area contributed by atoms with Gasteiger partial charge in [0.05, 0.1) is 19.1 Å². The van der Waals surface area contributed by atoms with Crippen LogP contribution in [0.1, 0.15) is 28.8 Å². The lowest BCUT2D eigenvalue weighted by Crippen LogP contribution is -2.48. The predicted molar refractivity (Wildman–Crippen MR) is 80.6 cm³/mol. The maximum Gasteiger partial charge on any atom is 0.254 e. The second-order valence-corrected chi connectivity index (χ2v) is 6.60. The topological polar surface area (TPSA) is 49.9 Å². The molecular weight excluding hydrogens is 304 g/mol. The molecular formula is C16H17ClN2O3. The van der Waals surface area contributed by atoms with E-state index < -0.39 is 5.72 Å². The van der Waals surface area contributed by atoms with Crippen LogP contribution >= 0.6 is 11.6 Å². The summed E-state index contributed by atoms with van der Waals surface area (Å²) in [6.45, 7) is 3.69. The number of carbonyl (C=O) groups is 2. The lowest BCUT2D eigenvalue weighted by atomic mass is 10.0. The summed E-state index contributed by atoms with van der Waals surface area (Å²) >= 11 is 5.97. The molecule has 22 heavy (non-hydrogen) atoms. The Morgan fingerprint density at radius 3 is 3.00 bits per heavy atom. The van der Waals surface area contributed by atoms with Crippen LogP contribution in [-0.4, -0.2) is 53.1 Å². The average molecular weight is 321 g/mol. The number of hydrogen-bond acceptors (Lipinski definition) is 3. The van der Waals surface area contributed by atoms with Gasteiger partial charge in [0, 0.05) is 30.1 Å². The van der Waals surface area contributed by atoms with Crippen LogP contribution in [0.4, 0.5) is 0 Å². The SMILES string of the molecule is Cc1cc(Cl)ccc1C(=O)N1CC[C@@]23OCCN2C(=O)C[C@@H]13. The minimum Gasteiger partial charge on any atom is -0.351 e. The number of nitrogens with zero attached hydrogens (tertiary/aromatic N) is 2. The molecule has 3 fully saturated rings. The van der Waals surface area contributed by atoms with Crippen molar-refractivity contribution in [2.24, 2.45) is 0 Å². The van der Waals surface area contributed by atoms with Crippen LogP contribution in [0.15, 0.2) is 18.2 Å². The van der Waals surface area contributed by atoms with Crippen molar-refractivity contribution < 1.29 is 14.3 Å². The van der Waals surface area contributed by atoms with Crippen molar-refractivity contribution in [3.8, 4) is 0 Å². The Kier molecular flexibility index (Phi) is 3.00. The minimum atomic E-state index is -0.576. The summed E-state index contributed by atoms with van der Waals surface area (Å²) in [6.07, 6.45) is 1.06. The lowest BCUT2D eigenvalue weighted by Gasteiger charge is -2.31. The van der Waals surface area contributed by atoms with E-state index in [0.29, 0.717) is 43.1 Å². The monoisotopic (exact) mass is 320 g/mol. The molecule has 0 radical (unpaired) electrons. The van der Waals surface area contributed by atoms with Gasteiger partial charge in [0.1, 0.15) is 0 Å². The molecule has 3 aliphatic rings. The molecule has 0 N–H and O–H groups in total. The van der Waals surface area contributed by atoms with E-state index in [1.807, 2.05) is 11.8 Å². The van der Waals surface area contributed by atoms with Crippen molar-refractivity contribution in [3.63, 3.8) is 0 Å². The molecule has 3 saturated heterocycles. The summed E-state index contributed by atoms with van der Waals surface area (Å²) in [4.78, 5) is 28.7. The quantitative estimate of drug-likeness (QED) is 0.793. The van der Waals surface area contributed by atoms with E-state index in [4.69, 9.17) is 16.3 Å². The normalized spacial score (nSPS) is 29.9. The fraction of sp³-hybridized carbons (Fsp3) is 0.500. The zero-order valence-corrected chi connectivity index (χ0v) is 13.1. The zero-order chi connectivity index (χ0) is 15.5. The first-order valence-corrected chi connectivity index (χ1v) is 7.92. The highest BCUT2D eigenvalue weighted by molar-refractivity contribution is 6.30. The van der Waals surface area contributed by atoms with Gasteiger partial charge < -0.3 is 14.5 Å². The molecule has 0 aromatic heterocycles. The third-order valence-electron chi connectivity index (χ3n) is 5.08. The van der Waals surface area contributed by atoms with Gasteiger partial charge in [-0.15, -0.1) is 0 Å². The standard InChI is InChI=1S/C16H17ClN2O3/c1-10-8-11(17)2-3-12(10)15(21)18-5-4-16-13(18)9-14(20)19(16)6-7-22-16/h2-3,8,13H,4-7,9H2,1H3/t13-,16+/m1/s1. The van der Waals surface area contributed by atoms with Crippen molar-refractivity contribution in [2.75, 3.05) is 19.7 Å². The van der Waals surface area contributed by atoms with Crippen LogP contribution in [0.2, 0.25) is 5.02 Å². The van der Waals surface area contributed by atoms with Gasteiger partial charge >= 0.3 is 0 Å². The molecule has 2 atom stereocenters. The first-order valence-electron chi connectivity index (χ1n) is 7.54. The third kappa shape index (κ3) is 1.75. The Hall–Kier alpha value is -1.59. The number of rotatable bonds is 1. The van der Waals surface area contributed by atoms with Crippen LogP contribution in [0.3, 0.4) is 0 Å². The molecule has 0 aliphatic carbocycles. The number of aryl methyl sites for hydroxylation is 1. The van der Waals surface area contributed by atoms with Crippen LogP contribution in [-0.2, 0) is 9.53 Å². The van der Waals surface area contributed by atoms with E-state index in [2.05, 4.69) is 0 Å². The summed E-state index contributed by atoms with van der Waals surface area (Å²) in [5.74, 6) is 0.0500. The Morgan fingerprint density at radius 1 is 1.41 bits per heavy atom. The van der Waals surface area contributed by atoms with Crippen molar-refractivity contribution >= 4 is 23.4 Å². The number of halogens is 1. The van der Waals surface area contributed by atoms with Gasteiger partial charge in [-0.25, -0.2) is 0 Å². The molecule has 6 heteroatoms. The number of carbonyl (C=O) groups excluding carboxylic acids is 2. The zero-order valence-electron chi connectivity index (χ0n) is 12.3. The Bertz CT molecular complexity index is 677. The van der Waals surface area contributed by atoms with Crippen molar-refractivity contribution in [2.45, 2.75) is 31.5 Å². The predicted octanol–water partition coefficient (Wildman–Crippen LogP) is 1.82. The Balaban J connectivity index is 1.67. The maximum atomic E-state index is 12.9. The molecule has 0 bridgehead atoms. The van der Waals surface area contributed by atoms with E-state index in [0.717, 1.165) is 5.56 Å². The molecule has 116 valence electrons. The molecule has 4 rings (SSSR count). The lowest BCUT2D eigenvalue weighted by molar-refractivity contribution is -0.136. The van der Waals surface area contributed by atoms with Crippen LogP contribution in [0.5, 0.6) is 0 Å². The van der Waals surface area contributed by atoms with Gasteiger partial charge in [-0.1, -0.05) is 11.6 Å². The van der Waals surface area contributed by atoms with Gasteiger partial charge in [-0.05, 0) is 30.7 Å². The molecule has 2 amide bonds. The number of benzene rings is 1. The number of ether oxygens (including phenoxy) is 1. The fourth-order valence-corrected chi connectivity index (χ4v) is 4.28. The first-order chi connectivity index (χ1) is 10.5. The summed E-state index contributed by atoms with van der Waals surface area (Å²) in [7, 11) is 0. The molecule has 5 nitrogen and oxygen atoms in total. The average Bonchev–Trinajstić information content (AvgIpc) is 3.10. The van der Waals surface area contributed by atoms with Crippen molar-refractivity contribution in [3.05, 3.63) is 34.3 Å². The van der Waals surface area contributed by atoms with Gasteiger partial charge in [-0.3, -0.25) is 9.59 Å². The first kappa shape index (κ1) is 14.0. The van der Waals surface area contributed by atoms with E-state index in [-0.39, 0.29) is 17.9 Å². The van der Waals surface area contributed by atoms with Gasteiger partial charge in [0.2, 0.25) is 5.91 Å². The van der Waals surface area contributed by atoms with Crippen LogP contribution in [0.25, 0.3) is 0 Å². The van der Waals surface area contributed by atoms with Gasteiger partial charge in [0.25, 0.3) is 5.91 Å². The van der Waals surface area contributed by atoms with E-state index in [1.54, 1.807) is 23.1 Å². The summed E-state index contributed by atoms with van der Waals surface area (Å²) in [5, 5.41) is 0.619. The van der Waals surface area contributed by atoms with Gasteiger partial charge in [-0.2, -0.15) is 0 Å². The molecule has 1 spiro atoms. The fourth-order valence-electron chi connectivity index (χ4n) is 4.06. The molecule has 3 heterocycles. The highest BCUT2D eigenvalue weighted by atomic mass is 35.5. The van der Waals surface area contributed by atoms with Crippen molar-refractivity contribution in [1.82, 2.24) is 9.80 Å².